The van der Waals surface area contributed by atoms with E-state index in [0.29, 0.717) is 23.8 Å². The van der Waals surface area contributed by atoms with Gasteiger partial charge in [-0.15, -0.1) is 0 Å². The average Bonchev–Trinajstić information content (AvgIpc) is 2.70. The topological polar surface area (TPSA) is 69.7 Å². The smallest absolute Gasteiger partial charge is 0.261 e. The Morgan fingerprint density at radius 2 is 1.76 bits per heavy atom. The van der Waals surface area contributed by atoms with Crippen LogP contribution < -0.4 is 4.72 Å². The Hall–Kier alpha value is -2.38. The van der Waals surface area contributed by atoms with Crippen LogP contribution in [0.3, 0.4) is 0 Å². The van der Waals surface area contributed by atoms with Crippen LogP contribution in [0.4, 0.5) is 5.69 Å². The molecule has 156 valence electrons. The quantitative estimate of drug-likeness (QED) is 0.814. The lowest BCUT2D eigenvalue weighted by Crippen LogP contribution is -2.47. The molecule has 0 bridgehead atoms. The van der Waals surface area contributed by atoms with Crippen molar-refractivity contribution in [2.45, 2.75) is 37.6 Å². The maximum Gasteiger partial charge on any atom is 0.261 e. The number of carbonyl (C=O) groups is 1. The van der Waals surface area contributed by atoms with Crippen molar-refractivity contribution in [1.29, 1.82) is 0 Å². The second-order valence-electron chi connectivity index (χ2n) is 7.94. The summed E-state index contributed by atoms with van der Waals surface area (Å²) in [6, 6.07) is 12.0. The molecule has 1 unspecified atom stereocenters. The van der Waals surface area contributed by atoms with Gasteiger partial charge in [0.25, 0.3) is 15.9 Å². The van der Waals surface area contributed by atoms with Gasteiger partial charge in [-0.1, -0.05) is 6.07 Å². The minimum absolute atomic E-state index is 0.0531. The predicted octanol–water partition coefficient (Wildman–Crippen LogP) is 3.27. The molecule has 3 rings (SSSR count). The van der Waals surface area contributed by atoms with E-state index in [1.807, 2.05) is 45.0 Å². The zero-order valence-electron chi connectivity index (χ0n) is 17.5. The molecule has 0 spiro atoms. The number of nitrogens with one attached hydrogen (secondary N) is 1. The summed E-state index contributed by atoms with van der Waals surface area (Å²) in [6.07, 6.45) is 2.05. The minimum Gasteiger partial charge on any atom is -0.337 e. The second-order valence-corrected chi connectivity index (χ2v) is 9.62. The first-order valence-electron chi connectivity index (χ1n) is 9.83. The molecule has 0 aromatic heterocycles. The molecule has 0 saturated carbocycles. The fourth-order valence-electron chi connectivity index (χ4n) is 3.54. The predicted molar refractivity (Wildman–Crippen MR) is 116 cm³/mol. The summed E-state index contributed by atoms with van der Waals surface area (Å²) in [7, 11) is 0.345. The highest BCUT2D eigenvalue weighted by atomic mass is 32.2. The maximum absolute atomic E-state index is 12.8. The molecule has 2 aromatic rings. The van der Waals surface area contributed by atoms with E-state index in [0.717, 1.165) is 30.5 Å². The largest absolute Gasteiger partial charge is 0.337 e. The first-order chi connectivity index (χ1) is 13.7. The van der Waals surface area contributed by atoms with Crippen LogP contribution >= 0.6 is 0 Å². The van der Waals surface area contributed by atoms with Gasteiger partial charge in [0.1, 0.15) is 0 Å². The lowest BCUT2D eigenvalue weighted by atomic mass is 10.0. The number of sulfonamides is 1. The Bertz CT molecular complexity index is 985. The number of nitrogens with zero attached hydrogens (tertiary/aromatic N) is 2. The molecule has 7 heteroatoms. The number of likely N-dealkylation sites (N-methyl/N-ethyl adjacent to an activating group) is 1. The van der Waals surface area contributed by atoms with Crippen molar-refractivity contribution < 1.29 is 13.2 Å². The fraction of sp³-hybridized carbons (Fsp3) is 0.409. The second kappa shape index (κ2) is 8.55. The Kier molecular flexibility index (Phi) is 6.29. The maximum atomic E-state index is 12.8. The first-order valence-corrected chi connectivity index (χ1v) is 11.3. The molecule has 1 N–H and O–H groups in total. The average molecular weight is 416 g/mol. The third-order valence-electron chi connectivity index (χ3n) is 5.58. The third-order valence-corrected chi connectivity index (χ3v) is 6.98. The molecule has 2 aromatic carbocycles. The molecular formula is C22H29N3O3S. The fourth-order valence-corrected chi connectivity index (χ4v) is 4.59. The van der Waals surface area contributed by atoms with Gasteiger partial charge < -0.3 is 9.80 Å². The van der Waals surface area contributed by atoms with Gasteiger partial charge in [-0.25, -0.2) is 8.42 Å². The van der Waals surface area contributed by atoms with Crippen molar-refractivity contribution in [2.24, 2.45) is 0 Å². The highest BCUT2D eigenvalue weighted by molar-refractivity contribution is 7.92. The Morgan fingerprint density at radius 3 is 2.38 bits per heavy atom. The zero-order chi connectivity index (χ0) is 21.2. The van der Waals surface area contributed by atoms with Gasteiger partial charge in [0, 0.05) is 30.4 Å². The van der Waals surface area contributed by atoms with Gasteiger partial charge in [0.15, 0.2) is 0 Å². The van der Waals surface area contributed by atoms with E-state index in [9.17, 15) is 13.2 Å². The summed E-state index contributed by atoms with van der Waals surface area (Å²) in [5, 5.41) is 0. The molecule has 29 heavy (non-hydrogen) atoms. The number of hydrogen-bond acceptors (Lipinski definition) is 4. The number of amides is 1. The molecule has 1 amide bonds. The summed E-state index contributed by atoms with van der Waals surface area (Å²) >= 11 is 0. The lowest BCUT2D eigenvalue weighted by Gasteiger charge is -2.36. The summed E-state index contributed by atoms with van der Waals surface area (Å²) in [6.45, 7) is 5.35. The zero-order valence-corrected chi connectivity index (χ0v) is 18.3. The van der Waals surface area contributed by atoms with E-state index in [2.05, 4.69) is 9.62 Å². The monoisotopic (exact) mass is 415 g/mol. The lowest BCUT2D eigenvalue weighted by molar-refractivity contribution is 0.0635. The molecule has 6 nitrogen and oxygen atoms in total. The van der Waals surface area contributed by atoms with Gasteiger partial charge >= 0.3 is 0 Å². The van der Waals surface area contributed by atoms with E-state index in [-0.39, 0.29) is 10.8 Å². The first kappa shape index (κ1) is 21.3. The Morgan fingerprint density at radius 1 is 1.07 bits per heavy atom. The van der Waals surface area contributed by atoms with Crippen molar-refractivity contribution in [3.8, 4) is 0 Å². The SMILES string of the molecule is Cc1ccc(NS(=O)(=O)c2ccc(C(=O)N3CCCC(N(C)C)C3)cc2)cc1C. The van der Waals surface area contributed by atoms with Crippen molar-refractivity contribution in [3.05, 3.63) is 59.2 Å². The number of carbonyl (C=O) groups excluding carboxylic acids is 1. The van der Waals surface area contributed by atoms with Crippen LogP contribution in [-0.2, 0) is 10.0 Å². The van der Waals surface area contributed by atoms with Crippen molar-refractivity contribution in [3.63, 3.8) is 0 Å². The van der Waals surface area contributed by atoms with E-state index in [1.54, 1.807) is 18.2 Å². The number of aryl methyl sites for hydroxylation is 2. The van der Waals surface area contributed by atoms with Gasteiger partial charge in [0.2, 0.25) is 0 Å². The van der Waals surface area contributed by atoms with Crippen LogP contribution in [0.1, 0.15) is 34.3 Å². The molecule has 1 saturated heterocycles. The van der Waals surface area contributed by atoms with Crippen LogP contribution in [0.25, 0.3) is 0 Å². The number of hydrogen-bond donors (Lipinski definition) is 1. The molecule has 1 aliphatic heterocycles. The third kappa shape index (κ3) is 4.97. The summed E-state index contributed by atoms with van der Waals surface area (Å²) in [4.78, 5) is 17.0. The van der Waals surface area contributed by atoms with E-state index in [1.165, 1.54) is 12.1 Å². The minimum atomic E-state index is -3.71. The number of piperidine rings is 1. The summed E-state index contributed by atoms with van der Waals surface area (Å²) in [5.41, 5.74) is 3.15. The summed E-state index contributed by atoms with van der Waals surface area (Å²) in [5.74, 6) is -0.0531. The van der Waals surface area contributed by atoms with Crippen LogP contribution in [0, 0.1) is 13.8 Å². The van der Waals surface area contributed by atoms with E-state index >= 15 is 0 Å². The summed E-state index contributed by atoms with van der Waals surface area (Å²) < 4.78 is 28.0. The molecule has 1 fully saturated rings. The molecule has 1 atom stereocenters. The standard InChI is InChI=1S/C22H29N3O3S/c1-16-7-10-19(14-17(16)2)23-29(27,28)21-11-8-18(9-12-21)22(26)25-13-5-6-20(15-25)24(3)4/h7-12,14,20,23H,5-6,13,15H2,1-4H3. The Balaban J connectivity index is 1.73. The van der Waals surface area contributed by atoms with Gasteiger partial charge in [0.05, 0.1) is 4.90 Å². The Labute approximate surface area is 173 Å². The van der Waals surface area contributed by atoms with Gasteiger partial charge in [-0.3, -0.25) is 9.52 Å². The number of anilines is 1. The van der Waals surface area contributed by atoms with Crippen LogP contribution in [0.5, 0.6) is 0 Å². The van der Waals surface area contributed by atoms with Crippen molar-refractivity contribution in [2.75, 3.05) is 31.9 Å². The highest BCUT2D eigenvalue weighted by Gasteiger charge is 2.26. The van der Waals surface area contributed by atoms with E-state index in [4.69, 9.17) is 0 Å². The van der Waals surface area contributed by atoms with Gasteiger partial charge in [-0.05, 0) is 88.3 Å². The van der Waals surface area contributed by atoms with Crippen molar-refractivity contribution >= 4 is 21.6 Å². The number of benzene rings is 2. The number of rotatable bonds is 5. The van der Waals surface area contributed by atoms with E-state index < -0.39 is 10.0 Å². The van der Waals surface area contributed by atoms with Crippen LogP contribution in [0.15, 0.2) is 47.4 Å². The molecule has 1 heterocycles. The number of likely N-dealkylation sites (tertiary alicyclic amines) is 1. The normalized spacial score (nSPS) is 17.4. The highest BCUT2D eigenvalue weighted by Crippen LogP contribution is 2.21. The molecule has 0 radical (unpaired) electrons. The van der Waals surface area contributed by atoms with Gasteiger partial charge in [-0.2, -0.15) is 0 Å². The van der Waals surface area contributed by atoms with Crippen LogP contribution in [0.2, 0.25) is 0 Å². The van der Waals surface area contributed by atoms with Crippen LogP contribution in [-0.4, -0.2) is 57.4 Å². The van der Waals surface area contributed by atoms with Crippen molar-refractivity contribution in [1.82, 2.24) is 9.80 Å². The molecule has 1 aliphatic rings. The molecule has 0 aliphatic carbocycles. The molecular weight excluding hydrogens is 386 g/mol.